The number of benzene rings is 2. The molecule has 1 atom stereocenters. The second-order valence-corrected chi connectivity index (χ2v) is 8.18. The average molecular weight is 423 g/mol. The first-order valence-electron chi connectivity index (χ1n) is 9.62. The van der Waals surface area contributed by atoms with Crippen molar-refractivity contribution in [2.24, 2.45) is 10.7 Å². The second-order valence-electron chi connectivity index (χ2n) is 7.07. The highest BCUT2D eigenvalue weighted by atomic mass is 32.2. The second kappa shape index (κ2) is 11.3. The van der Waals surface area contributed by atoms with Crippen molar-refractivity contribution in [1.29, 1.82) is 0 Å². The lowest BCUT2D eigenvalue weighted by molar-refractivity contribution is 0.605. The lowest BCUT2D eigenvalue weighted by Crippen LogP contribution is -2.13. The van der Waals surface area contributed by atoms with Crippen LogP contribution in [0.25, 0.3) is 5.57 Å². The Labute approximate surface area is 182 Å². The molecule has 0 saturated heterocycles. The van der Waals surface area contributed by atoms with E-state index in [4.69, 9.17) is 5.73 Å². The molecule has 2 aromatic carbocycles. The summed E-state index contributed by atoms with van der Waals surface area (Å²) in [5.74, 6) is 0. The summed E-state index contributed by atoms with van der Waals surface area (Å²) in [7, 11) is 0. The van der Waals surface area contributed by atoms with Gasteiger partial charge in [0.25, 0.3) is 0 Å². The van der Waals surface area contributed by atoms with Gasteiger partial charge in [0.15, 0.2) is 0 Å². The summed E-state index contributed by atoms with van der Waals surface area (Å²) < 4.78 is 14.3. The summed E-state index contributed by atoms with van der Waals surface area (Å²) in [6, 6.07) is 16.1. The van der Waals surface area contributed by atoms with Crippen molar-refractivity contribution in [3.05, 3.63) is 94.8 Å². The van der Waals surface area contributed by atoms with Gasteiger partial charge in [-0.05, 0) is 61.3 Å². The first kappa shape index (κ1) is 23.3. The lowest BCUT2D eigenvalue weighted by atomic mass is 10.0. The molecule has 1 unspecified atom stereocenters. The zero-order valence-electron chi connectivity index (χ0n) is 18.0. The molecular formula is C24H30N4OS. The number of aryl methyl sites for hydroxylation is 1. The minimum Gasteiger partial charge on any atom is -0.593 e. The van der Waals surface area contributed by atoms with E-state index in [9.17, 15) is 4.55 Å². The molecule has 0 amide bonds. The van der Waals surface area contributed by atoms with Crippen molar-refractivity contribution < 1.29 is 4.55 Å². The normalized spacial score (nSPS) is 13.7. The Kier molecular flexibility index (Phi) is 8.77. The van der Waals surface area contributed by atoms with Crippen LogP contribution in [0.3, 0.4) is 0 Å². The fourth-order valence-corrected chi connectivity index (χ4v) is 3.27. The number of hydrogen-bond donors (Lipinski definition) is 3. The number of nitrogens with zero attached hydrogens (tertiary/aromatic N) is 1. The van der Waals surface area contributed by atoms with Crippen molar-refractivity contribution >= 4 is 29.0 Å². The lowest BCUT2D eigenvalue weighted by Gasteiger charge is -2.13. The summed E-state index contributed by atoms with van der Waals surface area (Å²) in [4.78, 5) is 4.34. The van der Waals surface area contributed by atoms with Crippen LogP contribution < -0.4 is 15.8 Å². The highest BCUT2D eigenvalue weighted by molar-refractivity contribution is 7.92. The van der Waals surface area contributed by atoms with Crippen molar-refractivity contribution in [2.75, 3.05) is 11.0 Å². The molecule has 0 saturated carbocycles. The molecular weight excluding hydrogens is 392 g/mol. The van der Waals surface area contributed by atoms with Gasteiger partial charge in [0, 0.05) is 12.2 Å². The Hall–Kier alpha value is -2.96. The number of hydrogen-bond acceptors (Lipinski definition) is 4. The predicted octanol–water partition coefficient (Wildman–Crippen LogP) is 4.67. The molecule has 2 aromatic rings. The first-order valence-corrected chi connectivity index (χ1v) is 11.2. The van der Waals surface area contributed by atoms with Crippen LogP contribution in [0.1, 0.15) is 30.5 Å². The minimum atomic E-state index is -1.12. The molecule has 30 heavy (non-hydrogen) atoms. The highest BCUT2D eigenvalue weighted by Crippen LogP contribution is 2.23. The molecule has 6 heteroatoms. The summed E-state index contributed by atoms with van der Waals surface area (Å²) in [6.45, 7) is 10.9. The predicted molar refractivity (Wildman–Crippen MR) is 130 cm³/mol. The van der Waals surface area contributed by atoms with Crippen LogP contribution in [-0.2, 0) is 17.9 Å². The molecule has 0 aromatic heterocycles. The Bertz CT molecular complexity index is 959. The SMILES string of the molecule is C=C(NCc1ccc(C)cc1)/C(C)=C(/C=C(\C)c1cccc(N[S+](C)[O-])c1)\N=C/N. The smallest absolute Gasteiger partial charge is 0.121 e. The van der Waals surface area contributed by atoms with E-state index >= 15 is 0 Å². The Balaban J connectivity index is 2.22. The zero-order chi connectivity index (χ0) is 22.1. The van der Waals surface area contributed by atoms with Crippen molar-refractivity contribution in [2.45, 2.75) is 27.3 Å². The average Bonchev–Trinajstić information content (AvgIpc) is 2.72. The van der Waals surface area contributed by atoms with Crippen molar-refractivity contribution in [3.63, 3.8) is 0 Å². The van der Waals surface area contributed by atoms with E-state index in [2.05, 4.69) is 52.8 Å². The van der Waals surface area contributed by atoms with Crippen LogP contribution in [0.4, 0.5) is 5.69 Å². The van der Waals surface area contributed by atoms with Crippen LogP contribution in [0.2, 0.25) is 0 Å². The number of nitrogens with one attached hydrogen (secondary N) is 2. The van der Waals surface area contributed by atoms with Gasteiger partial charge in [-0.3, -0.25) is 0 Å². The standard InChI is InChI=1S/C24H30N4OS/c1-17-9-11-21(12-10-17)15-26-20(4)19(3)24(27-16-25)13-18(2)22-7-6-8-23(14-22)28-30(5)29/h6-14,16,26,28H,4,15H2,1-3,5H3,(H2,25,27)/b18-13+,24-19-. The van der Waals surface area contributed by atoms with Gasteiger partial charge < -0.3 is 15.6 Å². The number of nitrogens with two attached hydrogens (primary N) is 1. The Morgan fingerprint density at radius 3 is 2.53 bits per heavy atom. The summed E-state index contributed by atoms with van der Waals surface area (Å²) in [5.41, 5.74) is 13.2. The van der Waals surface area contributed by atoms with E-state index < -0.39 is 11.4 Å². The molecule has 0 spiro atoms. The van der Waals surface area contributed by atoms with Gasteiger partial charge in [-0.2, -0.15) is 0 Å². The number of allylic oxidation sites excluding steroid dienone is 3. The minimum absolute atomic E-state index is 0.681. The van der Waals surface area contributed by atoms with Crippen LogP contribution in [-0.4, -0.2) is 17.1 Å². The molecule has 0 fully saturated rings. The molecule has 0 heterocycles. The van der Waals surface area contributed by atoms with Gasteiger partial charge in [-0.25, -0.2) is 9.71 Å². The molecule has 4 N–H and O–H groups in total. The monoisotopic (exact) mass is 422 g/mol. The number of anilines is 1. The number of rotatable bonds is 9. The van der Waals surface area contributed by atoms with Crippen LogP contribution in [0.5, 0.6) is 0 Å². The molecule has 158 valence electrons. The van der Waals surface area contributed by atoms with E-state index in [-0.39, 0.29) is 0 Å². The molecule has 0 radical (unpaired) electrons. The maximum Gasteiger partial charge on any atom is 0.121 e. The third-order valence-corrected chi connectivity index (χ3v) is 5.13. The molecule has 0 aliphatic heterocycles. The van der Waals surface area contributed by atoms with E-state index in [0.29, 0.717) is 6.54 Å². The molecule has 0 aliphatic carbocycles. The van der Waals surface area contributed by atoms with Crippen LogP contribution in [0.15, 0.2) is 83.1 Å². The maximum absolute atomic E-state index is 11.4. The van der Waals surface area contributed by atoms with Crippen LogP contribution in [0, 0.1) is 6.92 Å². The number of aliphatic imine (C=N–C) groups is 1. The first-order chi connectivity index (χ1) is 14.3. The largest absolute Gasteiger partial charge is 0.593 e. The van der Waals surface area contributed by atoms with Crippen molar-refractivity contribution in [1.82, 2.24) is 5.32 Å². The van der Waals surface area contributed by atoms with E-state index in [1.165, 1.54) is 17.5 Å². The fourth-order valence-electron chi connectivity index (χ4n) is 2.81. The van der Waals surface area contributed by atoms with Gasteiger partial charge in [0.05, 0.1) is 29.1 Å². The summed E-state index contributed by atoms with van der Waals surface area (Å²) >= 11 is -1.12. The van der Waals surface area contributed by atoms with Gasteiger partial charge in [0.2, 0.25) is 0 Å². The quantitative estimate of drug-likeness (QED) is 0.237. The Morgan fingerprint density at radius 2 is 1.90 bits per heavy atom. The van der Waals surface area contributed by atoms with E-state index in [1.807, 2.05) is 44.2 Å². The maximum atomic E-state index is 11.4. The fraction of sp³-hybridized carbons (Fsp3) is 0.208. The van der Waals surface area contributed by atoms with Crippen molar-refractivity contribution in [3.8, 4) is 0 Å². The third kappa shape index (κ3) is 7.13. The van der Waals surface area contributed by atoms with Crippen LogP contribution >= 0.6 is 0 Å². The molecule has 0 bridgehead atoms. The topological polar surface area (TPSA) is 85.5 Å². The molecule has 2 rings (SSSR count). The summed E-state index contributed by atoms with van der Waals surface area (Å²) in [6.07, 6.45) is 4.86. The van der Waals surface area contributed by atoms with E-state index in [0.717, 1.165) is 33.8 Å². The molecule has 5 nitrogen and oxygen atoms in total. The van der Waals surface area contributed by atoms with Gasteiger partial charge in [0.1, 0.15) is 6.26 Å². The van der Waals surface area contributed by atoms with Gasteiger partial charge in [-0.1, -0.05) is 48.5 Å². The summed E-state index contributed by atoms with van der Waals surface area (Å²) in [5, 5.41) is 3.36. The zero-order valence-corrected chi connectivity index (χ0v) is 18.8. The Morgan fingerprint density at radius 1 is 1.20 bits per heavy atom. The highest BCUT2D eigenvalue weighted by Gasteiger charge is 2.07. The van der Waals surface area contributed by atoms with E-state index in [1.54, 1.807) is 6.26 Å². The third-order valence-electron chi connectivity index (χ3n) is 4.61. The molecule has 0 aliphatic rings. The van der Waals surface area contributed by atoms with Gasteiger partial charge in [-0.15, -0.1) is 0 Å². The van der Waals surface area contributed by atoms with Gasteiger partial charge >= 0.3 is 0 Å².